The third kappa shape index (κ3) is 3.41. The van der Waals surface area contributed by atoms with E-state index in [1.54, 1.807) is 11.3 Å². The van der Waals surface area contributed by atoms with Crippen molar-refractivity contribution >= 4 is 27.4 Å². The summed E-state index contributed by atoms with van der Waals surface area (Å²) in [7, 11) is 2.23. The largest absolute Gasteiger partial charge is 0.356 e. The lowest BCUT2D eigenvalue weighted by Crippen LogP contribution is -2.47. The summed E-state index contributed by atoms with van der Waals surface area (Å²) in [5.74, 6) is 2.88. The Morgan fingerprint density at radius 2 is 1.83 bits per heavy atom. The van der Waals surface area contributed by atoms with Gasteiger partial charge >= 0.3 is 0 Å². The molecule has 2 saturated heterocycles. The van der Waals surface area contributed by atoms with E-state index in [4.69, 9.17) is 4.98 Å². The number of anilines is 1. The lowest BCUT2D eigenvalue weighted by Gasteiger charge is -2.38. The number of aryl methyl sites for hydroxylation is 1. The molecule has 0 bridgehead atoms. The zero-order valence-electron chi connectivity index (χ0n) is 14.7. The Bertz CT molecular complexity index is 684. The maximum atomic E-state index is 4.75. The number of hydrogen-bond acceptors (Lipinski definition) is 6. The Kier molecular flexibility index (Phi) is 4.70. The summed E-state index contributed by atoms with van der Waals surface area (Å²) >= 11 is 1.72. The van der Waals surface area contributed by atoms with Gasteiger partial charge in [-0.15, -0.1) is 11.3 Å². The van der Waals surface area contributed by atoms with Crippen molar-refractivity contribution in [3.8, 4) is 0 Å². The highest BCUT2D eigenvalue weighted by molar-refractivity contribution is 7.16. The molecule has 0 radical (unpaired) electrons. The SMILES string of the molecule is Cc1nc(N2CCC(CN3CCN(C)CC3)CC2)c2ccsc2n1. The molecular formula is C18H27N5S. The van der Waals surface area contributed by atoms with Crippen LogP contribution in [0.4, 0.5) is 5.82 Å². The molecule has 0 unspecified atom stereocenters. The summed E-state index contributed by atoms with van der Waals surface area (Å²) < 4.78 is 0. The Hall–Kier alpha value is -1.24. The van der Waals surface area contributed by atoms with Gasteiger partial charge in [-0.25, -0.2) is 9.97 Å². The quantitative estimate of drug-likeness (QED) is 0.854. The van der Waals surface area contributed by atoms with Crippen molar-refractivity contribution in [3.63, 3.8) is 0 Å². The number of fused-ring (bicyclic) bond motifs is 1. The molecule has 0 amide bonds. The molecule has 2 aliphatic rings. The van der Waals surface area contributed by atoms with Crippen molar-refractivity contribution in [2.45, 2.75) is 19.8 Å². The van der Waals surface area contributed by atoms with Gasteiger partial charge < -0.3 is 14.7 Å². The number of thiophene rings is 1. The van der Waals surface area contributed by atoms with Crippen molar-refractivity contribution in [1.82, 2.24) is 19.8 Å². The van der Waals surface area contributed by atoms with Gasteiger partial charge in [-0.3, -0.25) is 0 Å². The second kappa shape index (κ2) is 6.94. The molecule has 0 saturated carbocycles. The predicted octanol–water partition coefficient (Wildman–Crippen LogP) is 2.46. The second-order valence-corrected chi connectivity index (χ2v) is 8.16. The highest BCUT2D eigenvalue weighted by Gasteiger charge is 2.25. The number of hydrogen-bond donors (Lipinski definition) is 0. The number of piperidine rings is 1. The Morgan fingerprint density at radius 1 is 1.08 bits per heavy atom. The van der Waals surface area contributed by atoms with Crippen LogP contribution in [0.5, 0.6) is 0 Å². The third-order valence-corrected chi connectivity index (χ3v) is 6.25. The van der Waals surface area contributed by atoms with Crippen molar-refractivity contribution < 1.29 is 0 Å². The van der Waals surface area contributed by atoms with Crippen LogP contribution in [-0.4, -0.2) is 72.6 Å². The van der Waals surface area contributed by atoms with Gasteiger partial charge in [0.1, 0.15) is 16.5 Å². The summed E-state index contributed by atoms with van der Waals surface area (Å²) in [4.78, 5) is 18.0. The average Bonchev–Trinajstić information content (AvgIpc) is 3.05. The van der Waals surface area contributed by atoms with Gasteiger partial charge in [-0.2, -0.15) is 0 Å². The standard InChI is InChI=1S/C18H27N5S/c1-14-19-17(16-5-12-24-18(16)20-14)23-6-3-15(4-7-23)13-22-10-8-21(2)9-11-22/h5,12,15H,3-4,6-11,13H2,1-2H3. The highest BCUT2D eigenvalue weighted by atomic mass is 32.1. The average molecular weight is 346 g/mol. The summed E-state index contributed by atoms with van der Waals surface area (Å²) in [6.45, 7) is 10.4. The van der Waals surface area contributed by atoms with E-state index in [1.807, 2.05) is 6.92 Å². The second-order valence-electron chi connectivity index (χ2n) is 7.27. The molecule has 4 rings (SSSR count). The number of aromatic nitrogens is 2. The molecule has 2 aromatic rings. The molecule has 4 heterocycles. The summed E-state index contributed by atoms with van der Waals surface area (Å²) in [6, 6.07) is 2.17. The van der Waals surface area contributed by atoms with Crippen LogP contribution in [0.25, 0.3) is 10.2 Å². The van der Waals surface area contributed by atoms with Crippen LogP contribution in [0, 0.1) is 12.8 Å². The zero-order valence-corrected chi connectivity index (χ0v) is 15.6. The minimum Gasteiger partial charge on any atom is -0.356 e. The number of rotatable bonds is 3. The minimum absolute atomic E-state index is 0.838. The molecule has 0 N–H and O–H groups in total. The van der Waals surface area contributed by atoms with Crippen LogP contribution in [0.1, 0.15) is 18.7 Å². The highest BCUT2D eigenvalue weighted by Crippen LogP contribution is 2.30. The van der Waals surface area contributed by atoms with E-state index in [0.717, 1.165) is 35.5 Å². The van der Waals surface area contributed by atoms with Crippen LogP contribution < -0.4 is 4.90 Å². The monoisotopic (exact) mass is 345 g/mol. The maximum absolute atomic E-state index is 4.75. The van der Waals surface area contributed by atoms with Gasteiger partial charge in [-0.1, -0.05) is 0 Å². The van der Waals surface area contributed by atoms with E-state index in [2.05, 4.69) is 38.2 Å². The van der Waals surface area contributed by atoms with Crippen LogP contribution >= 0.6 is 11.3 Å². The van der Waals surface area contributed by atoms with E-state index < -0.39 is 0 Å². The Morgan fingerprint density at radius 3 is 2.58 bits per heavy atom. The maximum Gasteiger partial charge on any atom is 0.141 e. The smallest absolute Gasteiger partial charge is 0.141 e. The van der Waals surface area contributed by atoms with E-state index in [-0.39, 0.29) is 0 Å². The molecule has 0 atom stereocenters. The fourth-order valence-corrected chi connectivity index (χ4v) is 4.71. The van der Waals surface area contributed by atoms with Gasteiger partial charge in [0.05, 0.1) is 5.39 Å². The van der Waals surface area contributed by atoms with Crippen LogP contribution in [0.3, 0.4) is 0 Å². The molecule has 0 spiro atoms. The Balaban J connectivity index is 1.38. The first-order valence-corrected chi connectivity index (χ1v) is 9.95. The first-order chi connectivity index (χ1) is 11.7. The molecule has 2 aliphatic heterocycles. The summed E-state index contributed by atoms with van der Waals surface area (Å²) in [5.41, 5.74) is 0. The normalized spacial score (nSPS) is 21.7. The molecule has 130 valence electrons. The zero-order chi connectivity index (χ0) is 16.5. The molecule has 6 heteroatoms. The topological polar surface area (TPSA) is 35.5 Å². The fourth-order valence-electron chi connectivity index (χ4n) is 3.91. The van der Waals surface area contributed by atoms with Crippen molar-refractivity contribution in [2.24, 2.45) is 5.92 Å². The summed E-state index contributed by atoms with van der Waals surface area (Å²) in [5, 5.41) is 3.35. The van der Waals surface area contributed by atoms with Gasteiger partial charge in [0.15, 0.2) is 0 Å². The van der Waals surface area contributed by atoms with Crippen LogP contribution in [0.2, 0.25) is 0 Å². The summed E-state index contributed by atoms with van der Waals surface area (Å²) in [6.07, 6.45) is 2.56. The van der Waals surface area contributed by atoms with Gasteiger partial charge in [0.25, 0.3) is 0 Å². The predicted molar refractivity (Wildman–Crippen MR) is 101 cm³/mol. The molecule has 24 heavy (non-hydrogen) atoms. The van der Waals surface area contributed by atoms with Crippen LogP contribution in [0.15, 0.2) is 11.4 Å². The lowest BCUT2D eigenvalue weighted by atomic mass is 9.95. The van der Waals surface area contributed by atoms with Crippen molar-refractivity contribution in [2.75, 3.05) is 57.8 Å². The number of likely N-dealkylation sites (N-methyl/N-ethyl adjacent to an activating group) is 1. The lowest BCUT2D eigenvalue weighted by molar-refractivity contribution is 0.129. The number of piperazine rings is 1. The molecule has 2 fully saturated rings. The van der Waals surface area contributed by atoms with Gasteiger partial charge in [0.2, 0.25) is 0 Å². The third-order valence-electron chi connectivity index (χ3n) is 5.44. The van der Waals surface area contributed by atoms with Crippen molar-refractivity contribution in [1.29, 1.82) is 0 Å². The molecule has 0 aliphatic carbocycles. The molecule has 2 aromatic heterocycles. The molecule has 5 nitrogen and oxygen atoms in total. The van der Waals surface area contributed by atoms with Crippen LogP contribution in [-0.2, 0) is 0 Å². The van der Waals surface area contributed by atoms with Gasteiger partial charge in [0, 0.05) is 45.8 Å². The van der Waals surface area contributed by atoms with E-state index in [1.165, 1.54) is 51.0 Å². The first-order valence-electron chi connectivity index (χ1n) is 9.07. The van der Waals surface area contributed by atoms with E-state index >= 15 is 0 Å². The Labute approximate surface area is 148 Å². The first kappa shape index (κ1) is 16.2. The van der Waals surface area contributed by atoms with Gasteiger partial charge in [-0.05, 0) is 44.2 Å². The van der Waals surface area contributed by atoms with E-state index in [0.29, 0.717) is 0 Å². The number of nitrogens with zero attached hydrogens (tertiary/aromatic N) is 5. The fraction of sp³-hybridized carbons (Fsp3) is 0.667. The van der Waals surface area contributed by atoms with E-state index in [9.17, 15) is 0 Å². The molecular weight excluding hydrogens is 318 g/mol. The van der Waals surface area contributed by atoms with Crippen molar-refractivity contribution in [3.05, 3.63) is 17.3 Å². The molecule has 0 aromatic carbocycles. The minimum atomic E-state index is 0.838.